The first-order valence-corrected chi connectivity index (χ1v) is 3.58. The number of halogens is 2. The maximum atomic E-state index is 12.5. The van der Waals surface area contributed by atoms with Crippen LogP contribution in [-0.4, -0.2) is 24.2 Å². The predicted octanol–water partition coefficient (Wildman–Crippen LogP) is 1.51. The molecule has 8 heavy (non-hydrogen) atoms. The third-order valence-corrected chi connectivity index (χ3v) is 2.05. The largest absolute Gasteiger partial charge is 0.380 e. The van der Waals surface area contributed by atoms with E-state index in [9.17, 15) is 4.39 Å². The molecule has 1 fully saturated rings. The van der Waals surface area contributed by atoms with Gasteiger partial charge in [0.25, 0.3) is 0 Å². The number of ether oxygens (including phenoxy) is 1. The molecule has 1 nitrogen and oxygen atoms in total. The highest BCUT2D eigenvalue weighted by Crippen LogP contribution is 2.17. The first-order chi connectivity index (χ1) is 3.80. The Balaban J connectivity index is 2.28. The molecule has 2 atom stereocenters. The van der Waals surface area contributed by atoms with Gasteiger partial charge in [-0.05, 0) is 0 Å². The minimum absolute atomic E-state index is 0.0729. The van der Waals surface area contributed by atoms with Gasteiger partial charge in [0.05, 0.1) is 11.4 Å². The molecule has 1 saturated heterocycles. The van der Waals surface area contributed by atoms with Crippen LogP contribution in [0.15, 0.2) is 0 Å². The molecule has 0 aromatic rings. The number of hydrogen-bond acceptors (Lipinski definition) is 1. The first-order valence-electron chi connectivity index (χ1n) is 2.66. The van der Waals surface area contributed by atoms with Crippen molar-refractivity contribution in [2.24, 2.45) is 0 Å². The van der Waals surface area contributed by atoms with Crippen LogP contribution in [-0.2, 0) is 4.74 Å². The standard InChI is InChI=1S/C5H8BrFO/c6-4-3-8-2-1-5(4)7/h4-5H,1-3H2. The lowest BCUT2D eigenvalue weighted by molar-refractivity contribution is 0.0591. The highest BCUT2D eigenvalue weighted by atomic mass is 79.9. The highest BCUT2D eigenvalue weighted by Gasteiger charge is 2.21. The van der Waals surface area contributed by atoms with E-state index in [1.165, 1.54) is 0 Å². The van der Waals surface area contributed by atoms with Crippen LogP contribution in [0.3, 0.4) is 0 Å². The fourth-order valence-electron chi connectivity index (χ4n) is 0.677. The maximum absolute atomic E-state index is 12.5. The van der Waals surface area contributed by atoms with E-state index in [-0.39, 0.29) is 4.83 Å². The molecule has 0 aliphatic carbocycles. The van der Waals surface area contributed by atoms with Gasteiger partial charge in [-0.3, -0.25) is 0 Å². The molecule has 0 spiro atoms. The van der Waals surface area contributed by atoms with E-state index < -0.39 is 6.17 Å². The molecule has 0 aromatic heterocycles. The van der Waals surface area contributed by atoms with Crippen molar-refractivity contribution >= 4 is 15.9 Å². The first kappa shape index (κ1) is 6.49. The van der Waals surface area contributed by atoms with Gasteiger partial charge in [0.15, 0.2) is 0 Å². The normalized spacial score (nSPS) is 39.8. The summed E-state index contributed by atoms with van der Waals surface area (Å²) in [6, 6.07) is 0. The van der Waals surface area contributed by atoms with Gasteiger partial charge in [-0.2, -0.15) is 0 Å². The average molecular weight is 183 g/mol. The summed E-state index contributed by atoms with van der Waals surface area (Å²) in [6.45, 7) is 1.09. The second-order valence-corrected chi connectivity index (χ2v) is 3.07. The van der Waals surface area contributed by atoms with Gasteiger partial charge in [-0.25, -0.2) is 4.39 Å². The molecular weight excluding hydrogens is 175 g/mol. The molecule has 0 saturated carbocycles. The van der Waals surface area contributed by atoms with Crippen LogP contribution in [0.5, 0.6) is 0 Å². The summed E-state index contributed by atoms with van der Waals surface area (Å²) in [6.07, 6.45) is -0.167. The van der Waals surface area contributed by atoms with Crippen molar-refractivity contribution in [3.05, 3.63) is 0 Å². The van der Waals surface area contributed by atoms with E-state index in [0.29, 0.717) is 19.6 Å². The van der Waals surface area contributed by atoms with Gasteiger partial charge >= 0.3 is 0 Å². The second-order valence-electron chi connectivity index (χ2n) is 1.90. The molecule has 48 valence electrons. The van der Waals surface area contributed by atoms with Crippen molar-refractivity contribution < 1.29 is 9.13 Å². The molecule has 1 heterocycles. The van der Waals surface area contributed by atoms with Gasteiger partial charge in [0.1, 0.15) is 6.17 Å². The lowest BCUT2D eigenvalue weighted by atomic mass is 10.2. The van der Waals surface area contributed by atoms with Crippen LogP contribution in [0.2, 0.25) is 0 Å². The summed E-state index contributed by atoms with van der Waals surface area (Å²) in [4.78, 5) is -0.0729. The lowest BCUT2D eigenvalue weighted by Crippen LogP contribution is -2.28. The van der Waals surface area contributed by atoms with Crippen molar-refractivity contribution in [3.8, 4) is 0 Å². The smallest absolute Gasteiger partial charge is 0.117 e. The van der Waals surface area contributed by atoms with E-state index in [0.717, 1.165) is 0 Å². The quantitative estimate of drug-likeness (QED) is 0.517. The van der Waals surface area contributed by atoms with Crippen LogP contribution in [0.4, 0.5) is 4.39 Å². The Hall–Kier alpha value is 0.370. The number of rotatable bonds is 0. The summed E-state index contributed by atoms with van der Waals surface area (Å²) in [5.41, 5.74) is 0. The third kappa shape index (κ3) is 1.42. The summed E-state index contributed by atoms with van der Waals surface area (Å²) >= 11 is 3.15. The topological polar surface area (TPSA) is 9.23 Å². The van der Waals surface area contributed by atoms with Crippen molar-refractivity contribution in [2.45, 2.75) is 17.4 Å². The Kier molecular flexibility index (Phi) is 2.26. The Morgan fingerprint density at radius 1 is 1.62 bits per heavy atom. The SMILES string of the molecule is FC1CCOCC1Br. The molecule has 0 amide bonds. The average Bonchev–Trinajstić information content (AvgIpc) is 1.77. The van der Waals surface area contributed by atoms with E-state index in [4.69, 9.17) is 4.74 Å². The molecule has 0 N–H and O–H groups in total. The minimum atomic E-state index is -0.705. The zero-order valence-electron chi connectivity index (χ0n) is 4.44. The van der Waals surface area contributed by atoms with Crippen LogP contribution in [0, 0.1) is 0 Å². The number of alkyl halides is 2. The van der Waals surface area contributed by atoms with E-state index in [2.05, 4.69) is 15.9 Å². The van der Waals surface area contributed by atoms with Crippen molar-refractivity contribution in [1.29, 1.82) is 0 Å². The van der Waals surface area contributed by atoms with Crippen molar-refractivity contribution in [3.63, 3.8) is 0 Å². The molecular formula is C5H8BrFO. The molecule has 0 aromatic carbocycles. The van der Waals surface area contributed by atoms with Gasteiger partial charge in [0, 0.05) is 13.0 Å². The van der Waals surface area contributed by atoms with E-state index in [1.54, 1.807) is 0 Å². The summed E-state index contributed by atoms with van der Waals surface area (Å²) in [7, 11) is 0. The van der Waals surface area contributed by atoms with Crippen LogP contribution in [0.1, 0.15) is 6.42 Å². The molecule has 3 heteroatoms. The van der Waals surface area contributed by atoms with Crippen LogP contribution >= 0.6 is 15.9 Å². The van der Waals surface area contributed by atoms with Gasteiger partial charge in [-0.15, -0.1) is 0 Å². The van der Waals surface area contributed by atoms with Crippen molar-refractivity contribution in [1.82, 2.24) is 0 Å². The number of hydrogen-bond donors (Lipinski definition) is 0. The predicted molar refractivity (Wildman–Crippen MR) is 33.0 cm³/mol. The summed E-state index contributed by atoms with van der Waals surface area (Å²) < 4.78 is 17.4. The maximum Gasteiger partial charge on any atom is 0.117 e. The van der Waals surface area contributed by atoms with Gasteiger partial charge < -0.3 is 4.74 Å². The monoisotopic (exact) mass is 182 g/mol. The molecule has 2 unspecified atom stereocenters. The fourth-order valence-corrected chi connectivity index (χ4v) is 1.13. The molecule has 0 radical (unpaired) electrons. The third-order valence-electron chi connectivity index (χ3n) is 1.21. The summed E-state index contributed by atoms with van der Waals surface area (Å²) in [5.74, 6) is 0. The Bertz CT molecular complexity index is 68.8. The highest BCUT2D eigenvalue weighted by molar-refractivity contribution is 9.09. The van der Waals surface area contributed by atoms with Gasteiger partial charge in [0.2, 0.25) is 0 Å². The molecule has 1 aliphatic heterocycles. The van der Waals surface area contributed by atoms with Gasteiger partial charge in [-0.1, -0.05) is 15.9 Å². The Morgan fingerprint density at radius 2 is 2.38 bits per heavy atom. The van der Waals surface area contributed by atoms with Crippen LogP contribution in [0.25, 0.3) is 0 Å². The Labute approximate surface area is 56.3 Å². The van der Waals surface area contributed by atoms with Crippen molar-refractivity contribution in [2.75, 3.05) is 13.2 Å². The lowest BCUT2D eigenvalue weighted by Gasteiger charge is -2.20. The Morgan fingerprint density at radius 3 is 2.75 bits per heavy atom. The summed E-state index contributed by atoms with van der Waals surface area (Å²) in [5, 5.41) is 0. The second kappa shape index (κ2) is 2.78. The van der Waals surface area contributed by atoms with E-state index >= 15 is 0 Å². The zero-order valence-corrected chi connectivity index (χ0v) is 6.03. The molecule has 1 rings (SSSR count). The zero-order chi connectivity index (χ0) is 5.98. The molecule has 0 bridgehead atoms. The molecule has 1 aliphatic rings. The fraction of sp³-hybridized carbons (Fsp3) is 1.00. The minimum Gasteiger partial charge on any atom is -0.380 e. The van der Waals surface area contributed by atoms with Crippen LogP contribution < -0.4 is 0 Å². The van der Waals surface area contributed by atoms with E-state index in [1.807, 2.05) is 0 Å².